The summed E-state index contributed by atoms with van der Waals surface area (Å²) in [5, 5.41) is 12.0. The molecular weight excluding hydrogens is 284 g/mol. The molecular formula is C19H20N4. The third-order valence-electron chi connectivity index (χ3n) is 2.94. The van der Waals surface area contributed by atoms with Crippen LogP contribution in [0.2, 0.25) is 0 Å². The van der Waals surface area contributed by atoms with Crippen LogP contribution in [0.4, 0.5) is 11.4 Å². The quantitative estimate of drug-likeness (QED) is 0.400. The van der Waals surface area contributed by atoms with E-state index in [-0.39, 0.29) is 0 Å². The van der Waals surface area contributed by atoms with Gasteiger partial charge in [0.1, 0.15) is 0 Å². The Morgan fingerprint density at radius 2 is 1.74 bits per heavy atom. The minimum Gasteiger partial charge on any atom is -0.204 e. The first-order valence-corrected chi connectivity index (χ1v) is 7.05. The van der Waals surface area contributed by atoms with Gasteiger partial charge in [0.25, 0.3) is 0 Å². The van der Waals surface area contributed by atoms with Crippen LogP contribution in [0.15, 0.2) is 89.4 Å². The van der Waals surface area contributed by atoms with Gasteiger partial charge in [0, 0.05) is 11.1 Å². The van der Waals surface area contributed by atoms with E-state index < -0.39 is 0 Å². The molecule has 0 heterocycles. The molecule has 0 aliphatic heterocycles. The SMILES string of the molecule is C=C/C=C\C(=C/C)N=Nc1ccc(N=N)c(/C=C\C=C)c1C=C. The highest BCUT2D eigenvalue weighted by atomic mass is 15.1. The summed E-state index contributed by atoms with van der Waals surface area (Å²) in [6.45, 7) is 13.0. The molecule has 0 aliphatic carbocycles. The van der Waals surface area contributed by atoms with Crippen LogP contribution in [-0.2, 0) is 0 Å². The number of benzene rings is 1. The van der Waals surface area contributed by atoms with Crippen molar-refractivity contribution in [3.8, 4) is 0 Å². The van der Waals surface area contributed by atoms with Crippen molar-refractivity contribution >= 4 is 23.5 Å². The van der Waals surface area contributed by atoms with Crippen molar-refractivity contribution in [1.29, 1.82) is 5.53 Å². The van der Waals surface area contributed by atoms with E-state index in [9.17, 15) is 0 Å². The van der Waals surface area contributed by atoms with Crippen LogP contribution < -0.4 is 0 Å². The molecule has 0 spiro atoms. The lowest BCUT2D eigenvalue weighted by atomic mass is 10.0. The van der Waals surface area contributed by atoms with Crippen molar-refractivity contribution < 1.29 is 0 Å². The van der Waals surface area contributed by atoms with Crippen molar-refractivity contribution in [2.75, 3.05) is 0 Å². The van der Waals surface area contributed by atoms with Crippen LogP contribution in [0.1, 0.15) is 18.1 Å². The first-order valence-electron chi connectivity index (χ1n) is 7.05. The first-order chi connectivity index (χ1) is 11.2. The molecule has 4 heteroatoms. The van der Waals surface area contributed by atoms with E-state index in [0.717, 1.165) is 16.8 Å². The monoisotopic (exact) mass is 304 g/mol. The number of allylic oxidation sites excluding steroid dienone is 6. The Bertz CT molecular complexity index is 719. The van der Waals surface area contributed by atoms with Crippen LogP contribution in [0.5, 0.6) is 0 Å². The fraction of sp³-hybridized carbons (Fsp3) is 0.0526. The second-order valence-corrected chi connectivity index (χ2v) is 4.35. The van der Waals surface area contributed by atoms with Crippen molar-refractivity contribution in [3.05, 3.63) is 85.1 Å². The summed E-state index contributed by atoms with van der Waals surface area (Å²) in [5.74, 6) is 0. The highest BCUT2D eigenvalue weighted by Crippen LogP contribution is 2.33. The predicted octanol–water partition coefficient (Wildman–Crippen LogP) is 6.92. The zero-order chi connectivity index (χ0) is 17.1. The van der Waals surface area contributed by atoms with Crippen molar-refractivity contribution in [3.63, 3.8) is 0 Å². The number of hydrogen-bond acceptors (Lipinski definition) is 4. The van der Waals surface area contributed by atoms with E-state index >= 15 is 0 Å². The molecule has 23 heavy (non-hydrogen) atoms. The van der Waals surface area contributed by atoms with Gasteiger partial charge in [-0.1, -0.05) is 62.3 Å². The lowest BCUT2D eigenvalue weighted by Gasteiger charge is -2.07. The molecule has 4 nitrogen and oxygen atoms in total. The highest BCUT2D eigenvalue weighted by molar-refractivity contribution is 5.80. The minimum atomic E-state index is 0.537. The average molecular weight is 304 g/mol. The minimum absolute atomic E-state index is 0.537. The fourth-order valence-electron chi connectivity index (χ4n) is 1.82. The van der Waals surface area contributed by atoms with Gasteiger partial charge in [0.15, 0.2) is 0 Å². The number of nitrogens with zero attached hydrogens (tertiary/aromatic N) is 3. The molecule has 0 bridgehead atoms. The maximum absolute atomic E-state index is 7.29. The molecule has 1 aromatic carbocycles. The van der Waals surface area contributed by atoms with E-state index in [1.165, 1.54) is 0 Å². The molecule has 0 radical (unpaired) electrons. The van der Waals surface area contributed by atoms with Gasteiger partial charge in [-0.2, -0.15) is 10.2 Å². The topological polar surface area (TPSA) is 60.9 Å². The lowest BCUT2D eigenvalue weighted by molar-refractivity contribution is 1.13. The Kier molecular flexibility index (Phi) is 7.58. The standard InChI is InChI=1S/C19H20N4/c1-5-9-11-15(7-3)22-23-19-14-13-18(21-20)17(12-10-6-2)16(19)8-4/h5-14,20H,1-2,4H2,3H3/b11-9-,12-10-,15-7+,21-20?,23-22?. The first kappa shape index (κ1) is 17.9. The Morgan fingerprint density at radius 3 is 2.30 bits per heavy atom. The highest BCUT2D eigenvalue weighted by Gasteiger charge is 2.08. The summed E-state index contributed by atoms with van der Waals surface area (Å²) >= 11 is 0. The molecule has 0 aromatic heterocycles. The summed E-state index contributed by atoms with van der Waals surface area (Å²) in [4.78, 5) is 0. The van der Waals surface area contributed by atoms with Gasteiger partial charge < -0.3 is 0 Å². The predicted molar refractivity (Wildman–Crippen MR) is 98.2 cm³/mol. The van der Waals surface area contributed by atoms with Crippen molar-refractivity contribution in [2.24, 2.45) is 15.3 Å². The second kappa shape index (κ2) is 9.73. The van der Waals surface area contributed by atoms with E-state index in [0.29, 0.717) is 11.4 Å². The maximum Gasteiger partial charge on any atom is 0.0936 e. The zero-order valence-electron chi connectivity index (χ0n) is 13.2. The largest absolute Gasteiger partial charge is 0.204 e. The van der Waals surface area contributed by atoms with Crippen LogP contribution in [0, 0.1) is 5.53 Å². The van der Waals surface area contributed by atoms with E-state index in [1.54, 1.807) is 42.5 Å². The number of nitrogens with one attached hydrogen (secondary N) is 1. The molecule has 0 amide bonds. The van der Waals surface area contributed by atoms with E-state index in [1.807, 2.05) is 25.2 Å². The molecule has 0 saturated carbocycles. The molecule has 0 saturated heterocycles. The molecule has 0 fully saturated rings. The Balaban J connectivity index is 3.37. The van der Waals surface area contributed by atoms with Crippen molar-refractivity contribution in [1.82, 2.24) is 0 Å². The summed E-state index contributed by atoms with van der Waals surface area (Å²) in [5.41, 5.74) is 10.7. The van der Waals surface area contributed by atoms with Gasteiger partial charge >= 0.3 is 0 Å². The molecule has 0 unspecified atom stereocenters. The molecule has 1 N–H and O–H groups in total. The second-order valence-electron chi connectivity index (χ2n) is 4.35. The Hall–Kier alpha value is -3.14. The van der Waals surface area contributed by atoms with Gasteiger partial charge in [-0.25, -0.2) is 5.53 Å². The molecule has 0 atom stereocenters. The Labute approximate surface area is 137 Å². The number of rotatable bonds is 8. The van der Waals surface area contributed by atoms with Gasteiger partial charge in [-0.3, -0.25) is 0 Å². The van der Waals surface area contributed by atoms with Crippen LogP contribution in [-0.4, -0.2) is 0 Å². The van der Waals surface area contributed by atoms with Crippen molar-refractivity contribution in [2.45, 2.75) is 6.92 Å². The fourth-order valence-corrected chi connectivity index (χ4v) is 1.82. The van der Waals surface area contributed by atoms with Gasteiger partial charge in [0.05, 0.1) is 17.1 Å². The van der Waals surface area contributed by atoms with Gasteiger partial charge in [-0.05, 0) is 25.1 Å². The summed E-state index contributed by atoms with van der Waals surface area (Å²) in [6, 6.07) is 3.50. The maximum atomic E-state index is 7.29. The van der Waals surface area contributed by atoms with E-state index in [2.05, 4.69) is 35.1 Å². The van der Waals surface area contributed by atoms with Crippen LogP contribution in [0.25, 0.3) is 12.2 Å². The summed E-state index contributed by atoms with van der Waals surface area (Å²) in [7, 11) is 0. The average Bonchev–Trinajstić information content (AvgIpc) is 2.59. The number of hydrogen-bond donors (Lipinski definition) is 1. The summed E-state index contributed by atoms with van der Waals surface area (Å²) in [6.07, 6.45) is 14.1. The van der Waals surface area contributed by atoms with Gasteiger partial charge in [0.2, 0.25) is 0 Å². The lowest BCUT2D eigenvalue weighted by Crippen LogP contribution is -1.83. The molecule has 116 valence electrons. The normalized spacial score (nSPS) is 12.1. The van der Waals surface area contributed by atoms with E-state index in [4.69, 9.17) is 5.53 Å². The molecule has 1 rings (SSSR count). The number of azo groups is 1. The summed E-state index contributed by atoms with van der Waals surface area (Å²) < 4.78 is 0. The Morgan fingerprint density at radius 1 is 1.04 bits per heavy atom. The third kappa shape index (κ3) is 4.97. The zero-order valence-corrected chi connectivity index (χ0v) is 13.2. The van der Waals surface area contributed by atoms with Gasteiger partial charge in [-0.15, -0.1) is 5.11 Å². The smallest absolute Gasteiger partial charge is 0.0936 e. The molecule has 0 aliphatic rings. The molecule has 1 aromatic rings. The van der Waals surface area contributed by atoms with Crippen LogP contribution >= 0.6 is 0 Å². The van der Waals surface area contributed by atoms with Crippen LogP contribution in [0.3, 0.4) is 0 Å². The third-order valence-corrected chi connectivity index (χ3v) is 2.94.